The number of hydrogen-bond acceptors (Lipinski definition) is 0. The lowest BCUT2D eigenvalue weighted by molar-refractivity contribution is 0.00502. The van der Waals surface area contributed by atoms with E-state index in [0.29, 0.717) is 5.41 Å². The van der Waals surface area contributed by atoms with Crippen LogP contribution in [0.1, 0.15) is 65.7 Å². The van der Waals surface area contributed by atoms with Crippen molar-refractivity contribution in [3.63, 3.8) is 0 Å². The van der Waals surface area contributed by atoms with E-state index in [0.717, 1.165) is 35.0 Å². The first-order valence-corrected chi connectivity index (χ1v) is 8.04. The van der Waals surface area contributed by atoms with Crippen molar-refractivity contribution in [3.05, 3.63) is 0 Å². The molecule has 6 atom stereocenters. The van der Waals surface area contributed by atoms with Crippen molar-refractivity contribution < 1.29 is 0 Å². The summed E-state index contributed by atoms with van der Waals surface area (Å²) in [7, 11) is 0. The molecule has 0 aromatic rings. The van der Waals surface area contributed by atoms with Gasteiger partial charge in [-0.2, -0.15) is 0 Å². The predicted molar refractivity (Wildman–Crippen MR) is 71.7 cm³/mol. The quantitative estimate of drug-likeness (QED) is 0.604. The molecule has 4 aliphatic rings. The van der Waals surface area contributed by atoms with Crippen molar-refractivity contribution in [3.8, 4) is 0 Å². The Hall–Kier alpha value is 0. The van der Waals surface area contributed by atoms with Gasteiger partial charge in [-0.15, -0.1) is 0 Å². The molecule has 0 N–H and O–H groups in total. The van der Waals surface area contributed by atoms with Crippen molar-refractivity contribution in [2.45, 2.75) is 65.7 Å². The summed E-state index contributed by atoms with van der Waals surface area (Å²) >= 11 is 0. The van der Waals surface area contributed by atoms with Gasteiger partial charge in [-0.3, -0.25) is 0 Å². The Morgan fingerprint density at radius 2 is 1.71 bits per heavy atom. The summed E-state index contributed by atoms with van der Waals surface area (Å²) < 4.78 is 0. The van der Waals surface area contributed by atoms with Crippen LogP contribution in [0, 0.1) is 40.4 Å². The van der Waals surface area contributed by atoms with Crippen molar-refractivity contribution in [2.24, 2.45) is 40.4 Å². The van der Waals surface area contributed by atoms with Crippen LogP contribution in [0.2, 0.25) is 0 Å². The van der Waals surface area contributed by atoms with E-state index < -0.39 is 0 Å². The molecule has 4 rings (SSSR count). The Bertz CT molecular complexity index is 344. The van der Waals surface area contributed by atoms with Crippen LogP contribution in [-0.2, 0) is 0 Å². The summed E-state index contributed by atoms with van der Waals surface area (Å²) in [5.74, 6) is 5.39. The molecule has 0 nitrogen and oxygen atoms in total. The SMILES string of the molecule is CC(C)[C@@]1(C)CC2CC1CC21CC2CCC1C2. The smallest absolute Gasteiger partial charge is 0.0235 e. The summed E-state index contributed by atoms with van der Waals surface area (Å²) in [6, 6.07) is 0. The van der Waals surface area contributed by atoms with Gasteiger partial charge in [0.15, 0.2) is 0 Å². The Morgan fingerprint density at radius 3 is 2.18 bits per heavy atom. The third-order valence-corrected chi connectivity index (χ3v) is 7.97. The fraction of sp³-hybridized carbons (Fsp3) is 1.00. The zero-order valence-corrected chi connectivity index (χ0v) is 11.8. The van der Waals surface area contributed by atoms with Crippen LogP contribution in [0.3, 0.4) is 0 Å². The fourth-order valence-corrected chi connectivity index (χ4v) is 6.72. The van der Waals surface area contributed by atoms with Crippen LogP contribution < -0.4 is 0 Å². The Balaban J connectivity index is 1.63. The van der Waals surface area contributed by atoms with Gasteiger partial charge in [0.05, 0.1) is 0 Å². The second-order valence-corrected chi connectivity index (χ2v) is 8.51. The van der Waals surface area contributed by atoms with Crippen molar-refractivity contribution >= 4 is 0 Å². The monoisotopic (exact) mass is 232 g/mol. The van der Waals surface area contributed by atoms with Gasteiger partial charge in [0.1, 0.15) is 0 Å². The normalized spacial score (nSPS) is 60.0. The van der Waals surface area contributed by atoms with Crippen LogP contribution in [0.25, 0.3) is 0 Å². The summed E-state index contributed by atoms with van der Waals surface area (Å²) in [5, 5.41) is 0. The molecule has 0 aromatic carbocycles. The van der Waals surface area contributed by atoms with E-state index in [1.54, 1.807) is 44.9 Å². The maximum absolute atomic E-state index is 2.60. The fourth-order valence-electron chi connectivity index (χ4n) is 6.72. The number of rotatable bonds is 1. The highest BCUT2D eigenvalue weighted by atomic mass is 14.7. The van der Waals surface area contributed by atoms with Gasteiger partial charge < -0.3 is 0 Å². The van der Waals surface area contributed by atoms with E-state index in [9.17, 15) is 0 Å². The highest BCUT2D eigenvalue weighted by Gasteiger charge is 2.65. The highest BCUT2D eigenvalue weighted by Crippen LogP contribution is 2.74. The van der Waals surface area contributed by atoms with Gasteiger partial charge >= 0.3 is 0 Å². The van der Waals surface area contributed by atoms with Gasteiger partial charge in [0.25, 0.3) is 0 Å². The number of fused-ring (bicyclic) bond motifs is 6. The third-order valence-electron chi connectivity index (χ3n) is 7.97. The Labute approximate surface area is 107 Å². The molecule has 0 heterocycles. The topological polar surface area (TPSA) is 0 Å². The van der Waals surface area contributed by atoms with Gasteiger partial charge in [0, 0.05) is 0 Å². The first-order chi connectivity index (χ1) is 8.04. The minimum atomic E-state index is 0.692. The van der Waals surface area contributed by atoms with Gasteiger partial charge in [-0.05, 0) is 78.9 Å². The average Bonchev–Trinajstić information content (AvgIpc) is 2.97. The standard InChI is InChI=1S/C17H28/c1-11(2)16(3)9-15-7-14(16)10-17(15)8-12-4-5-13(17)6-12/h11-15H,4-10H2,1-3H3/t12?,13?,14?,15?,16-,17?/m1/s1. The molecule has 0 radical (unpaired) electrons. The van der Waals surface area contributed by atoms with Crippen LogP contribution in [-0.4, -0.2) is 0 Å². The molecule has 0 aliphatic heterocycles. The molecular weight excluding hydrogens is 204 g/mol. The molecule has 0 aromatic heterocycles. The third kappa shape index (κ3) is 1.16. The van der Waals surface area contributed by atoms with Crippen LogP contribution in [0.4, 0.5) is 0 Å². The zero-order valence-electron chi connectivity index (χ0n) is 11.8. The summed E-state index contributed by atoms with van der Waals surface area (Å²) in [4.78, 5) is 0. The lowest BCUT2D eigenvalue weighted by atomic mass is 9.56. The molecule has 17 heavy (non-hydrogen) atoms. The predicted octanol–water partition coefficient (Wildman–Crippen LogP) is 4.89. The average molecular weight is 232 g/mol. The van der Waals surface area contributed by atoms with E-state index >= 15 is 0 Å². The molecule has 0 saturated heterocycles. The largest absolute Gasteiger partial charge is 0.0622 e. The lowest BCUT2D eigenvalue weighted by Gasteiger charge is -2.49. The zero-order chi connectivity index (χ0) is 11.8. The van der Waals surface area contributed by atoms with Gasteiger partial charge in [-0.25, -0.2) is 0 Å². The highest BCUT2D eigenvalue weighted by molar-refractivity contribution is 5.15. The Morgan fingerprint density at radius 1 is 0.882 bits per heavy atom. The molecule has 4 saturated carbocycles. The van der Waals surface area contributed by atoms with Crippen molar-refractivity contribution in [1.82, 2.24) is 0 Å². The molecule has 4 aliphatic carbocycles. The van der Waals surface area contributed by atoms with Crippen LogP contribution >= 0.6 is 0 Å². The van der Waals surface area contributed by atoms with Crippen molar-refractivity contribution in [2.75, 3.05) is 0 Å². The maximum atomic E-state index is 2.60. The molecule has 0 heteroatoms. The second kappa shape index (κ2) is 3.11. The summed E-state index contributed by atoms with van der Waals surface area (Å²) in [5.41, 5.74) is 1.56. The van der Waals surface area contributed by atoms with Gasteiger partial charge in [-0.1, -0.05) is 27.2 Å². The minimum Gasteiger partial charge on any atom is -0.0622 e. The van der Waals surface area contributed by atoms with E-state index in [1.165, 1.54) is 0 Å². The number of hydrogen-bond donors (Lipinski definition) is 0. The van der Waals surface area contributed by atoms with E-state index in [-0.39, 0.29) is 0 Å². The molecule has 96 valence electrons. The van der Waals surface area contributed by atoms with Crippen LogP contribution in [0.5, 0.6) is 0 Å². The molecule has 1 spiro atoms. The van der Waals surface area contributed by atoms with E-state index in [1.807, 2.05) is 0 Å². The molecule has 4 fully saturated rings. The first kappa shape index (κ1) is 10.9. The van der Waals surface area contributed by atoms with Gasteiger partial charge in [0.2, 0.25) is 0 Å². The maximum Gasteiger partial charge on any atom is -0.0235 e. The lowest BCUT2D eigenvalue weighted by Crippen LogP contribution is -2.41. The summed E-state index contributed by atoms with van der Waals surface area (Å²) in [6.07, 6.45) is 11.2. The summed E-state index contributed by atoms with van der Waals surface area (Å²) in [6.45, 7) is 7.53. The van der Waals surface area contributed by atoms with E-state index in [2.05, 4.69) is 20.8 Å². The Kier molecular flexibility index (Phi) is 1.99. The molecule has 5 unspecified atom stereocenters. The molecular formula is C17H28. The van der Waals surface area contributed by atoms with E-state index in [4.69, 9.17) is 0 Å². The first-order valence-electron chi connectivity index (χ1n) is 8.04. The molecule has 4 bridgehead atoms. The minimum absolute atomic E-state index is 0.692. The van der Waals surface area contributed by atoms with Crippen LogP contribution in [0.15, 0.2) is 0 Å². The molecule has 0 amide bonds. The van der Waals surface area contributed by atoms with Crippen molar-refractivity contribution in [1.29, 1.82) is 0 Å². The second-order valence-electron chi connectivity index (χ2n) is 8.51.